The molecule has 1 rings (SSSR count). The largest absolute Gasteiger partial charge is 0.341 e. The Morgan fingerprint density at radius 2 is 1.86 bits per heavy atom. The zero-order valence-electron chi connectivity index (χ0n) is 15.0. The second-order valence-electron chi connectivity index (χ2n) is 7.46. The lowest BCUT2D eigenvalue weighted by Gasteiger charge is -2.35. The van der Waals surface area contributed by atoms with Gasteiger partial charge in [-0.05, 0) is 31.7 Å². The Kier molecular flexibility index (Phi) is 6.14. The predicted octanol–water partition coefficient (Wildman–Crippen LogP) is 3.40. The zero-order chi connectivity index (χ0) is 16.2. The van der Waals surface area contributed by atoms with E-state index in [0.29, 0.717) is 12.0 Å². The first-order valence-corrected chi connectivity index (χ1v) is 7.89. The minimum atomic E-state index is 0.198. The summed E-state index contributed by atoms with van der Waals surface area (Å²) in [6, 6.07) is 0.377. The number of hydrogen-bond acceptors (Lipinski definition) is 4. The first kappa shape index (κ1) is 17.9. The van der Waals surface area contributed by atoms with Crippen molar-refractivity contribution in [3.05, 3.63) is 17.5 Å². The number of aryl methyl sites for hydroxylation is 1. The second-order valence-corrected chi connectivity index (χ2v) is 7.46. The van der Waals surface area contributed by atoms with E-state index in [1.54, 1.807) is 0 Å². The van der Waals surface area contributed by atoms with E-state index in [1.165, 1.54) is 5.56 Å². The molecule has 0 spiro atoms. The van der Waals surface area contributed by atoms with Crippen molar-refractivity contribution >= 4 is 5.95 Å². The third kappa shape index (κ3) is 5.27. The van der Waals surface area contributed by atoms with Crippen LogP contribution in [0.2, 0.25) is 0 Å². The molecule has 4 nitrogen and oxygen atoms in total. The van der Waals surface area contributed by atoms with Crippen molar-refractivity contribution in [2.75, 3.05) is 18.5 Å². The molecule has 0 bridgehead atoms. The number of anilines is 1. The molecule has 4 heteroatoms. The van der Waals surface area contributed by atoms with Crippen LogP contribution in [0, 0.1) is 18.3 Å². The monoisotopic (exact) mass is 292 g/mol. The van der Waals surface area contributed by atoms with Gasteiger partial charge in [0.1, 0.15) is 0 Å². The highest BCUT2D eigenvalue weighted by atomic mass is 15.3. The summed E-state index contributed by atoms with van der Waals surface area (Å²) in [5, 5.41) is 3.44. The lowest BCUT2D eigenvalue weighted by Crippen LogP contribution is -2.40. The highest BCUT2D eigenvalue weighted by Gasteiger charge is 2.25. The summed E-state index contributed by atoms with van der Waals surface area (Å²) >= 11 is 0. The van der Waals surface area contributed by atoms with E-state index >= 15 is 0 Å². The van der Waals surface area contributed by atoms with Crippen molar-refractivity contribution in [1.29, 1.82) is 0 Å². The van der Waals surface area contributed by atoms with Crippen molar-refractivity contribution in [2.24, 2.45) is 11.3 Å². The Labute approximate surface area is 130 Å². The highest BCUT2D eigenvalue weighted by Crippen LogP contribution is 2.25. The molecular formula is C17H32N4. The van der Waals surface area contributed by atoms with Crippen molar-refractivity contribution in [2.45, 2.75) is 61.1 Å². The number of hydrogen-bond donors (Lipinski definition) is 1. The van der Waals surface area contributed by atoms with Gasteiger partial charge >= 0.3 is 0 Å². The number of nitrogens with one attached hydrogen (secondary N) is 1. The van der Waals surface area contributed by atoms with Gasteiger partial charge in [0.2, 0.25) is 5.95 Å². The molecule has 1 N–H and O–H groups in total. The summed E-state index contributed by atoms with van der Waals surface area (Å²) in [7, 11) is 2.07. The number of rotatable bonds is 6. The lowest BCUT2D eigenvalue weighted by molar-refractivity contribution is 0.327. The van der Waals surface area contributed by atoms with Crippen molar-refractivity contribution in [1.82, 2.24) is 15.3 Å². The van der Waals surface area contributed by atoms with Crippen LogP contribution in [-0.4, -0.2) is 29.6 Å². The van der Waals surface area contributed by atoms with Gasteiger partial charge in [0.25, 0.3) is 0 Å². The quantitative estimate of drug-likeness (QED) is 0.872. The summed E-state index contributed by atoms with van der Waals surface area (Å²) in [6.45, 7) is 17.3. The van der Waals surface area contributed by atoms with Gasteiger partial charge < -0.3 is 10.2 Å². The van der Waals surface area contributed by atoms with E-state index in [-0.39, 0.29) is 5.41 Å². The van der Waals surface area contributed by atoms with Gasteiger partial charge in [-0.1, -0.05) is 34.6 Å². The van der Waals surface area contributed by atoms with Crippen LogP contribution in [0.4, 0.5) is 5.95 Å². The predicted molar refractivity (Wildman–Crippen MR) is 90.6 cm³/mol. The molecule has 0 amide bonds. The van der Waals surface area contributed by atoms with Crippen LogP contribution in [-0.2, 0) is 6.54 Å². The zero-order valence-corrected chi connectivity index (χ0v) is 15.0. The Balaban J connectivity index is 2.77. The standard InChI is InChI=1S/C17H32N4/c1-12(2)9-18-10-15-11-19-16(20-13(15)3)21(8)14(4)17(5,6)7/h11-12,14,18H,9-10H2,1-8H3. The molecule has 0 saturated carbocycles. The topological polar surface area (TPSA) is 41.1 Å². The Bertz CT molecular complexity index is 449. The van der Waals surface area contributed by atoms with Crippen LogP contribution in [0.3, 0.4) is 0 Å². The molecule has 120 valence electrons. The van der Waals surface area contributed by atoms with Gasteiger partial charge in [-0.3, -0.25) is 0 Å². The minimum Gasteiger partial charge on any atom is -0.341 e. The van der Waals surface area contributed by atoms with E-state index in [0.717, 1.165) is 24.7 Å². The summed E-state index contributed by atoms with van der Waals surface area (Å²) in [4.78, 5) is 11.4. The van der Waals surface area contributed by atoms with Gasteiger partial charge in [0.15, 0.2) is 0 Å². The molecule has 1 aromatic rings. The van der Waals surface area contributed by atoms with Crippen LogP contribution in [0.15, 0.2) is 6.20 Å². The van der Waals surface area contributed by atoms with E-state index in [4.69, 9.17) is 0 Å². The van der Waals surface area contributed by atoms with Gasteiger partial charge in [-0.15, -0.1) is 0 Å². The molecule has 1 aromatic heterocycles. The fourth-order valence-corrected chi connectivity index (χ4v) is 2.07. The third-order valence-electron chi connectivity index (χ3n) is 4.09. The summed E-state index contributed by atoms with van der Waals surface area (Å²) in [5.74, 6) is 1.46. The van der Waals surface area contributed by atoms with Gasteiger partial charge in [0, 0.05) is 37.1 Å². The molecule has 21 heavy (non-hydrogen) atoms. The summed E-state index contributed by atoms with van der Waals surface area (Å²) < 4.78 is 0. The Morgan fingerprint density at radius 1 is 1.24 bits per heavy atom. The van der Waals surface area contributed by atoms with E-state index in [1.807, 2.05) is 6.20 Å². The van der Waals surface area contributed by atoms with Crippen molar-refractivity contribution in [3.63, 3.8) is 0 Å². The maximum absolute atomic E-state index is 4.68. The SMILES string of the molecule is Cc1nc(N(C)C(C)C(C)(C)C)ncc1CNCC(C)C. The fourth-order valence-electron chi connectivity index (χ4n) is 2.07. The number of nitrogens with zero attached hydrogens (tertiary/aromatic N) is 3. The summed E-state index contributed by atoms with van der Waals surface area (Å²) in [5.41, 5.74) is 2.43. The smallest absolute Gasteiger partial charge is 0.225 e. The van der Waals surface area contributed by atoms with Crippen molar-refractivity contribution in [3.8, 4) is 0 Å². The van der Waals surface area contributed by atoms with Gasteiger partial charge in [-0.2, -0.15) is 0 Å². The molecule has 0 aliphatic heterocycles. The molecule has 0 fully saturated rings. The molecule has 1 heterocycles. The molecule has 0 aliphatic carbocycles. The molecule has 0 aromatic carbocycles. The fraction of sp³-hybridized carbons (Fsp3) is 0.765. The van der Waals surface area contributed by atoms with Crippen molar-refractivity contribution < 1.29 is 0 Å². The molecule has 0 aliphatic rings. The van der Waals surface area contributed by atoms with Gasteiger partial charge in [0.05, 0.1) is 0 Å². The van der Waals surface area contributed by atoms with Crippen LogP contribution in [0.5, 0.6) is 0 Å². The first-order chi connectivity index (χ1) is 9.62. The molecule has 1 atom stereocenters. The second kappa shape index (κ2) is 7.21. The maximum Gasteiger partial charge on any atom is 0.225 e. The molecular weight excluding hydrogens is 260 g/mol. The van der Waals surface area contributed by atoms with E-state index in [9.17, 15) is 0 Å². The van der Waals surface area contributed by atoms with Crippen LogP contribution in [0.25, 0.3) is 0 Å². The van der Waals surface area contributed by atoms with Crippen LogP contribution < -0.4 is 10.2 Å². The van der Waals surface area contributed by atoms with E-state index < -0.39 is 0 Å². The normalized spacial score (nSPS) is 13.6. The van der Waals surface area contributed by atoms with Crippen LogP contribution in [0.1, 0.15) is 52.8 Å². The van der Waals surface area contributed by atoms with Crippen LogP contribution >= 0.6 is 0 Å². The molecule has 1 unspecified atom stereocenters. The third-order valence-corrected chi connectivity index (χ3v) is 4.09. The average Bonchev–Trinajstić information content (AvgIpc) is 2.37. The minimum absolute atomic E-state index is 0.198. The molecule has 0 radical (unpaired) electrons. The first-order valence-electron chi connectivity index (χ1n) is 7.89. The van der Waals surface area contributed by atoms with Gasteiger partial charge in [-0.25, -0.2) is 9.97 Å². The molecule has 0 saturated heterocycles. The Morgan fingerprint density at radius 3 is 2.33 bits per heavy atom. The lowest BCUT2D eigenvalue weighted by atomic mass is 9.87. The Hall–Kier alpha value is -1.16. The summed E-state index contributed by atoms with van der Waals surface area (Å²) in [6.07, 6.45) is 1.96. The average molecular weight is 292 g/mol. The maximum atomic E-state index is 4.68. The number of aromatic nitrogens is 2. The van der Waals surface area contributed by atoms with E-state index in [2.05, 4.69) is 75.7 Å². The highest BCUT2D eigenvalue weighted by molar-refractivity contribution is 5.33.